The van der Waals surface area contributed by atoms with Crippen molar-refractivity contribution in [2.75, 3.05) is 26.2 Å². The van der Waals surface area contributed by atoms with Gasteiger partial charge in [0.05, 0.1) is 0 Å². The van der Waals surface area contributed by atoms with Crippen molar-refractivity contribution in [3.8, 4) is 0 Å². The van der Waals surface area contributed by atoms with Crippen LogP contribution in [0, 0.1) is 5.41 Å². The van der Waals surface area contributed by atoms with Crippen LogP contribution in [0.1, 0.15) is 38.2 Å². The van der Waals surface area contributed by atoms with E-state index in [2.05, 4.69) is 10.3 Å². The number of amides is 3. The Morgan fingerprint density at radius 1 is 1.33 bits per heavy atom. The maximum absolute atomic E-state index is 12.3. The van der Waals surface area contributed by atoms with Gasteiger partial charge >= 0.3 is 6.03 Å². The molecule has 130 valence electrons. The van der Waals surface area contributed by atoms with E-state index >= 15 is 0 Å². The second kappa shape index (κ2) is 7.20. The average molecular weight is 330 g/mol. The highest BCUT2D eigenvalue weighted by Gasteiger charge is 2.41. The van der Waals surface area contributed by atoms with E-state index < -0.39 is 0 Å². The number of hydrogen-bond acceptors (Lipinski definition) is 3. The van der Waals surface area contributed by atoms with E-state index in [0.717, 1.165) is 44.5 Å². The van der Waals surface area contributed by atoms with Gasteiger partial charge in [-0.3, -0.25) is 9.78 Å². The molecule has 2 saturated heterocycles. The molecular formula is C18H26N4O2. The number of carbonyl (C=O) groups is 2. The van der Waals surface area contributed by atoms with Crippen molar-refractivity contribution in [1.82, 2.24) is 20.1 Å². The average Bonchev–Trinajstić information content (AvgIpc) is 2.60. The molecule has 2 fully saturated rings. The zero-order chi connectivity index (χ0) is 17.0. The molecule has 3 amide bonds. The lowest BCUT2D eigenvalue weighted by molar-refractivity contribution is -0.139. The van der Waals surface area contributed by atoms with Gasteiger partial charge in [0.25, 0.3) is 0 Å². The molecule has 0 saturated carbocycles. The van der Waals surface area contributed by atoms with Crippen LogP contribution < -0.4 is 5.32 Å². The van der Waals surface area contributed by atoms with Gasteiger partial charge in [0.1, 0.15) is 0 Å². The number of nitrogens with zero attached hydrogens (tertiary/aromatic N) is 3. The topological polar surface area (TPSA) is 65.5 Å². The van der Waals surface area contributed by atoms with Crippen LogP contribution in [0.3, 0.4) is 0 Å². The number of pyridine rings is 1. The SMILES string of the molecule is CCNC(=O)N1CCC2(CCC(=O)N(Cc3cccnc3)C2)CC1. The molecule has 2 aliphatic rings. The lowest BCUT2D eigenvalue weighted by Gasteiger charge is -2.47. The van der Waals surface area contributed by atoms with Crippen LogP contribution in [0.2, 0.25) is 0 Å². The van der Waals surface area contributed by atoms with Crippen molar-refractivity contribution in [3.63, 3.8) is 0 Å². The smallest absolute Gasteiger partial charge is 0.317 e. The largest absolute Gasteiger partial charge is 0.338 e. The van der Waals surface area contributed by atoms with Gasteiger partial charge in [-0.05, 0) is 43.2 Å². The summed E-state index contributed by atoms with van der Waals surface area (Å²) in [5.41, 5.74) is 1.24. The Morgan fingerprint density at radius 3 is 2.79 bits per heavy atom. The molecule has 0 radical (unpaired) electrons. The maximum Gasteiger partial charge on any atom is 0.317 e. The second-order valence-electron chi connectivity index (χ2n) is 6.93. The maximum atomic E-state index is 12.3. The van der Waals surface area contributed by atoms with Crippen LogP contribution in [-0.2, 0) is 11.3 Å². The first-order valence-corrected chi connectivity index (χ1v) is 8.81. The minimum Gasteiger partial charge on any atom is -0.338 e. The van der Waals surface area contributed by atoms with Gasteiger partial charge in [-0.25, -0.2) is 4.79 Å². The normalized spacial score (nSPS) is 20.3. The lowest BCUT2D eigenvalue weighted by Crippen LogP contribution is -2.53. The Bertz CT molecular complexity index is 582. The van der Waals surface area contributed by atoms with Gasteiger partial charge in [0, 0.05) is 51.5 Å². The molecule has 0 aromatic carbocycles. The number of aromatic nitrogens is 1. The quantitative estimate of drug-likeness (QED) is 0.922. The fourth-order valence-electron chi connectivity index (χ4n) is 3.81. The zero-order valence-corrected chi connectivity index (χ0v) is 14.3. The van der Waals surface area contributed by atoms with Gasteiger partial charge < -0.3 is 15.1 Å². The Labute approximate surface area is 143 Å². The first kappa shape index (κ1) is 16.7. The molecular weight excluding hydrogens is 304 g/mol. The predicted octanol–water partition coefficient (Wildman–Crippen LogP) is 2.02. The molecule has 0 bridgehead atoms. The summed E-state index contributed by atoms with van der Waals surface area (Å²) in [6.07, 6.45) is 7.08. The molecule has 1 spiro atoms. The van der Waals surface area contributed by atoms with Gasteiger partial charge in [-0.15, -0.1) is 0 Å². The van der Waals surface area contributed by atoms with Crippen molar-refractivity contribution in [2.24, 2.45) is 5.41 Å². The summed E-state index contributed by atoms with van der Waals surface area (Å²) in [7, 11) is 0. The van der Waals surface area contributed by atoms with E-state index in [1.165, 1.54) is 0 Å². The molecule has 24 heavy (non-hydrogen) atoms. The molecule has 0 aliphatic carbocycles. The Balaban J connectivity index is 1.61. The van der Waals surface area contributed by atoms with Gasteiger partial charge in [-0.2, -0.15) is 0 Å². The molecule has 6 heteroatoms. The van der Waals surface area contributed by atoms with E-state index in [4.69, 9.17) is 0 Å². The Morgan fingerprint density at radius 2 is 2.12 bits per heavy atom. The summed E-state index contributed by atoms with van der Waals surface area (Å²) in [4.78, 5) is 32.3. The van der Waals surface area contributed by atoms with Crippen LogP contribution in [0.25, 0.3) is 0 Å². The molecule has 1 N–H and O–H groups in total. The molecule has 0 atom stereocenters. The van der Waals surface area contributed by atoms with Gasteiger partial charge in [0.2, 0.25) is 5.91 Å². The van der Waals surface area contributed by atoms with E-state index in [-0.39, 0.29) is 17.4 Å². The summed E-state index contributed by atoms with van der Waals surface area (Å²) in [5, 5.41) is 2.87. The third-order valence-electron chi connectivity index (χ3n) is 5.28. The molecule has 1 aromatic rings. The molecule has 3 rings (SSSR count). The summed E-state index contributed by atoms with van der Waals surface area (Å²) in [6, 6.07) is 3.95. The van der Waals surface area contributed by atoms with Crippen LogP contribution in [0.15, 0.2) is 24.5 Å². The van der Waals surface area contributed by atoms with Crippen molar-refractivity contribution >= 4 is 11.9 Å². The molecule has 6 nitrogen and oxygen atoms in total. The van der Waals surface area contributed by atoms with Crippen LogP contribution in [0.5, 0.6) is 0 Å². The third kappa shape index (κ3) is 3.68. The molecule has 2 aliphatic heterocycles. The zero-order valence-electron chi connectivity index (χ0n) is 14.3. The number of rotatable bonds is 3. The summed E-state index contributed by atoms with van der Waals surface area (Å²) in [5.74, 6) is 0.232. The van der Waals surface area contributed by atoms with E-state index in [1.807, 2.05) is 35.1 Å². The van der Waals surface area contributed by atoms with Crippen LogP contribution in [-0.4, -0.2) is 52.9 Å². The Hall–Kier alpha value is -2.11. The van der Waals surface area contributed by atoms with E-state index in [0.29, 0.717) is 19.5 Å². The van der Waals surface area contributed by atoms with Crippen LogP contribution >= 0.6 is 0 Å². The number of carbonyl (C=O) groups excluding carboxylic acids is 2. The fraction of sp³-hybridized carbons (Fsp3) is 0.611. The van der Waals surface area contributed by atoms with Crippen molar-refractivity contribution < 1.29 is 9.59 Å². The molecule has 0 unspecified atom stereocenters. The standard InChI is InChI=1S/C18H26N4O2/c1-2-20-17(24)21-10-7-18(8-11-21)6-5-16(23)22(14-18)13-15-4-3-9-19-12-15/h3-4,9,12H,2,5-8,10-11,13-14H2,1H3,(H,20,24). The fourth-order valence-corrected chi connectivity index (χ4v) is 3.81. The number of piperidine rings is 2. The molecule has 3 heterocycles. The highest BCUT2D eigenvalue weighted by Crippen LogP contribution is 2.40. The number of nitrogens with one attached hydrogen (secondary N) is 1. The number of urea groups is 1. The minimum absolute atomic E-state index is 0.0338. The summed E-state index contributed by atoms with van der Waals surface area (Å²) >= 11 is 0. The van der Waals surface area contributed by atoms with E-state index in [9.17, 15) is 9.59 Å². The van der Waals surface area contributed by atoms with Crippen molar-refractivity contribution in [2.45, 2.75) is 39.2 Å². The Kier molecular flexibility index (Phi) is 5.02. The second-order valence-corrected chi connectivity index (χ2v) is 6.93. The first-order chi connectivity index (χ1) is 11.6. The first-order valence-electron chi connectivity index (χ1n) is 8.81. The highest BCUT2D eigenvalue weighted by atomic mass is 16.2. The van der Waals surface area contributed by atoms with Gasteiger partial charge in [0.15, 0.2) is 0 Å². The predicted molar refractivity (Wildman–Crippen MR) is 91.2 cm³/mol. The number of likely N-dealkylation sites (tertiary alicyclic amines) is 2. The van der Waals surface area contributed by atoms with Gasteiger partial charge in [-0.1, -0.05) is 6.07 Å². The van der Waals surface area contributed by atoms with Crippen LogP contribution in [0.4, 0.5) is 4.79 Å². The number of hydrogen-bond donors (Lipinski definition) is 1. The summed E-state index contributed by atoms with van der Waals surface area (Å²) in [6.45, 7) is 5.58. The minimum atomic E-state index is 0.0338. The van der Waals surface area contributed by atoms with Crippen molar-refractivity contribution in [1.29, 1.82) is 0 Å². The summed E-state index contributed by atoms with van der Waals surface area (Å²) < 4.78 is 0. The van der Waals surface area contributed by atoms with E-state index in [1.54, 1.807) is 6.20 Å². The monoisotopic (exact) mass is 330 g/mol. The third-order valence-corrected chi connectivity index (χ3v) is 5.28. The highest BCUT2D eigenvalue weighted by molar-refractivity contribution is 5.77. The van der Waals surface area contributed by atoms with Crippen molar-refractivity contribution in [3.05, 3.63) is 30.1 Å². The lowest BCUT2D eigenvalue weighted by atomic mass is 9.72. The molecule has 1 aromatic heterocycles.